The smallest absolute Gasteiger partial charge is 0.223 e. The molecule has 0 N–H and O–H groups in total. The SMILES string of the molecule is CC(=O)N1CCC(CC(=O)N2CCN(C(c3ccc(Cl)cc3)c3ccnc4ccccc34)C[C@@H]2C(C)C)CC1. The molecule has 2 atom stereocenters. The number of piperazine rings is 1. The molecule has 0 aliphatic carbocycles. The van der Waals surface area contributed by atoms with Crippen molar-refractivity contribution in [1.82, 2.24) is 19.7 Å². The molecule has 206 valence electrons. The van der Waals surface area contributed by atoms with E-state index in [1.807, 2.05) is 29.3 Å². The first-order chi connectivity index (χ1) is 18.8. The normalized spacial score (nSPS) is 20.0. The number of pyridine rings is 1. The van der Waals surface area contributed by atoms with Crippen molar-refractivity contribution in [1.29, 1.82) is 0 Å². The molecule has 0 saturated carbocycles. The third-order valence-corrected chi connectivity index (χ3v) is 8.84. The molecule has 2 amide bonds. The predicted octanol–water partition coefficient (Wildman–Crippen LogP) is 5.80. The summed E-state index contributed by atoms with van der Waals surface area (Å²) in [4.78, 5) is 36.5. The van der Waals surface area contributed by atoms with Gasteiger partial charge in [0.15, 0.2) is 0 Å². The number of aromatic nitrogens is 1. The van der Waals surface area contributed by atoms with Gasteiger partial charge >= 0.3 is 0 Å². The highest BCUT2D eigenvalue weighted by molar-refractivity contribution is 6.30. The Bertz CT molecular complexity index is 1300. The molecule has 0 bridgehead atoms. The van der Waals surface area contributed by atoms with Gasteiger partial charge in [-0.1, -0.05) is 55.8 Å². The Morgan fingerprint density at radius 1 is 0.974 bits per heavy atom. The quantitative estimate of drug-likeness (QED) is 0.392. The van der Waals surface area contributed by atoms with E-state index in [0.29, 0.717) is 24.8 Å². The predicted molar refractivity (Wildman–Crippen MR) is 157 cm³/mol. The van der Waals surface area contributed by atoms with E-state index in [2.05, 4.69) is 65.0 Å². The van der Waals surface area contributed by atoms with Crippen molar-refractivity contribution in [3.05, 3.63) is 76.9 Å². The number of benzene rings is 2. The molecule has 2 fully saturated rings. The first kappa shape index (κ1) is 27.6. The average Bonchev–Trinajstić information content (AvgIpc) is 2.94. The van der Waals surface area contributed by atoms with E-state index in [1.54, 1.807) is 6.92 Å². The molecule has 7 heteroatoms. The molecule has 6 nitrogen and oxygen atoms in total. The Kier molecular flexibility index (Phi) is 8.53. The standard InChI is InChI=1S/C32H39ClN4O2/c1-22(2)30-21-36(18-19-37(30)31(39)20-24-13-16-35(17-14-24)23(3)38)32(25-8-10-26(33)11-9-25)28-12-15-34-29-7-5-4-6-27(28)29/h4-12,15,22,24,30,32H,13-14,16-21H2,1-3H3/t30-,32?/m1/s1. The van der Waals surface area contributed by atoms with Crippen LogP contribution in [0.1, 0.15) is 57.2 Å². The van der Waals surface area contributed by atoms with Gasteiger partial charge in [-0.2, -0.15) is 0 Å². The summed E-state index contributed by atoms with van der Waals surface area (Å²) in [5.74, 6) is 1.07. The molecule has 2 saturated heterocycles. The fourth-order valence-corrected chi connectivity index (χ4v) is 6.48. The number of rotatable bonds is 6. The van der Waals surface area contributed by atoms with Gasteiger partial charge in [-0.15, -0.1) is 0 Å². The van der Waals surface area contributed by atoms with E-state index in [4.69, 9.17) is 11.6 Å². The molecular formula is C32H39ClN4O2. The third kappa shape index (κ3) is 6.12. The van der Waals surface area contributed by atoms with Crippen LogP contribution in [-0.2, 0) is 9.59 Å². The zero-order valence-electron chi connectivity index (χ0n) is 23.2. The average molecular weight is 547 g/mol. The minimum Gasteiger partial charge on any atom is -0.343 e. The van der Waals surface area contributed by atoms with Crippen LogP contribution in [0.5, 0.6) is 0 Å². The van der Waals surface area contributed by atoms with E-state index < -0.39 is 0 Å². The van der Waals surface area contributed by atoms with Crippen molar-refractivity contribution in [3.8, 4) is 0 Å². The Balaban J connectivity index is 1.39. The van der Waals surface area contributed by atoms with Crippen molar-refractivity contribution >= 4 is 34.3 Å². The molecule has 0 spiro atoms. The van der Waals surface area contributed by atoms with E-state index in [9.17, 15) is 9.59 Å². The summed E-state index contributed by atoms with van der Waals surface area (Å²) < 4.78 is 0. The van der Waals surface area contributed by atoms with Crippen LogP contribution in [0.15, 0.2) is 60.8 Å². The molecule has 1 unspecified atom stereocenters. The summed E-state index contributed by atoms with van der Waals surface area (Å²) in [5, 5.41) is 1.87. The number of likely N-dealkylation sites (tertiary alicyclic amines) is 1. The van der Waals surface area contributed by atoms with Gasteiger partial charge in [0.1, 0.15) is 0 Å². The lowest BCUT2D eigenvalue weighted by atomic mass is 9.90. The lowest BCUT2D eigenvalue weighted by Crippen LogP contribution is -2.58. The molecule has 2 aromatic carbocycles. The summed E-state index contributed by atoms with van der Waals surface area (Å²) in [6.07, 6.45) is 4.29. The van der Waals surface area contributed by atoms with Gasteiger partial charge in [0.25, 0.3) is 0 Å². The largest absolute Gasteiger partial charge is 0.343 e. The number of amides is 2. The van der Waals surface area contributed by atoms with Crippen LogP contribution in [0.2, 0.25) is 5.02 Å². The number of piperidine rings is 1. The van der Waals surface area contributed by atoms with Crippen molar-refractivity contribution in [3.63, 3.8) is 0 Å². The Labute approximate surface area is 236 Å². The summed E-state index contributed by atoms with van der Waals surface area (Å²) in [5.41, 5.74) is 3.40. The van der Waals surface area contributed by atoms with Crippen molar-refractivity contribution in [2.45, 2.75) is 52.1 Å². The van der Waals surface area contributed by atoms with Gasteiger partial charge in [0.2, 0.25) is 11.8 Å². The maximum absolute atomic E-state index is 13.6. The zero-order valence-corrected chi connectivity index (χ0v) is 24.0. The molecule has 2 aliphatic rings. The number of para-hydroxylation sites is 1. The number of hydrogen-bond donors (Lipinski definition) is 0. The molecule has 3 aromatic rings. The van der Waals surface area contributed by atoms with Gasteiger partial charge in [-0.05, 0) is 60.1 Å². The van der Waals surface area contributed by atoms with Crippen molar-refractivity contribution in [2.75, 3.05) is 32.7 Å². The van der Waals surface area contributed by atoms with E-state index >= 15 is 0 Å². The third-order valence-electron chi connectivity index (χ3n) is 8.59. The van der Waals surface area contributed by atoms with Gasteiger partial charge in [0.05, 0.1) is 11.6 Å². The van der Waals surface area contributed by atoms with Crippen molar-refractivity contribution in [2.24, 2.45) is 11.8 Å². The molecule has 1 aromatic heterocycles. The highest BCUT2D eigenvalue weighted by Crippen LogP contribution is 2.36. The van der Waals surface area contributed by atoms with Crippen LogP contribution in [0.3, 0.4) is 0 Å². The van der Waals surface area contributed by atoms with Crippen LogP contribution >= 0.6 is 11.6 Å². The van der Waals surface area contributed by atoms with Crippen LogP contribution in [0.25, 0.3) is 10.9 Å². The van der Waals surface area contributed by atoms with E-state index in [1.165, 1.54) is 11.1 Å². The van der Waals surface area contributed by atoms with Gasteiger partial charge in [-0.25, -0.2) is 0 Å². The van der Waals surface area contributed by atoms with Crippen LogP contribution in [-0.4, -0.2) is 70.3 Å². The second-order valence-electron chi connectivity index (χ2n) is 11.4. The lowest BCUT2D eigenvalue weighted by molar-refractivity contribution is -0.139. The van der Waals surface area contributed by atoms with Gasteiger partial charge in [-0.3, -0.25) is 19.5 Å². The number of halogens is 1. The fourth-order valence-electron chi connectivity index (χ4n) is 6.35. The summed E-state index contributed by atoms with van der Waals surface area (Å²) in [7, 11) is 0. The highest BCUT2D eigenvalue weighted by atomic mass is 35.5. The number of carbonyl (C=O) groups excluding carboxylic acids is 2. The minimum atomic E-state index is 0.0320. The summed E-state index contributed by atoms with van der Waals surface area (Å²) in [6, 6.07) is 18.8. The van der Waals surface area contributed by atoms with Gasteiger partial charge in [0, 0.05) is 68.7 Å². The van der Waals surface area contributed by atoms with E-state index in [0.717, 1.165) is 54.9 Å². The number of nitrogens with zero attached hydrogens (tertiary/aromatic N) is 4. The first-order valence-corrected chi connectivity index (χ1v) is 14.6. The number of carbonyl (C=O) groups is 2. The Morgan fingerprint density at radius 3 is 2.38 bits per heavy atom. The molecule has 0 radical (unpaired) electrons. The van der Waals surface area contributed by atoms with Crippen LogP contribution in [0.4, 0.5) is 0 Å². The maximum Gasteiger partial charge on any atom is 0.223 e. The highest BCUT2D eigenvalue weighted by Gasteiger charge is 2.37. The first-order valence-electron chi connectivity index (χ1n) is 14.2. The fraction of sp³-hybridized carbons (Fsp3) is 0.469. The number of hydrogen-bond acceptors (Lipinski definition) is 4. The number of fused-ring (bicyclic) bond motifs is 1. The Hall–Kier alpha value is -2.96. The zero-order chi connectivity index (χ0) is 27.5. The summed E-state index contributed by atoms with van der Waals surface area (Å²) in [6.45, 7) is 9.90. The lowest BCUT2D eigenvalue weighted by Gasteiger charge is -2.47. The summed E-state index contributed by atoms with van der Waals surface area (Å²) >= 11 is 6.28. The molecule has 39 heavy (non-hydrogen) atoms. The Morgan fingerprint density at radius 2 is 1.69 bits per heavy atom. The minimum absolute atomic E-state index is 0.0320. The second-order valence-corrected chi connectivity index (χ2v) is 11.9. The van der Waals surface area contributed by atoms with Crippen molar-refractivity contribution < 1.29 is 9.59 Å². The molecule has 2 aliphatic heterocycles. The monoisotopic (exact) mass is 546 g/mol. The second kappa shape index (κ2) is 12.1. The molecule has 5 rings (SSSR count). The van der Waals surface area contributed by atoms with Crippen LogP contribution < -0.4 is 0 Å². The topological polar surface area (TPSA) is 56.8 Å². The molecule has 3 heterocycles. The van der Waals surface area contributed by atoms with Gasteiger partial charge < -0.3 is 9.80 Å². The molecular weight excluding hydrogens is 508 g/mol. The maximum atomic E-state index is 13.6. The van der Waals surface area contributed by atoms with E-state index in [-0.39, 0.29) is 23.9 Å². The van der Waals surface area contributed by atoms with Crippen LogP contribution in [0, 0.1) is 11.8 Å².